The summed E-state index contributed by atoms with van der Waals surface area (Å²) in [4.78, 5) is 4.78. The molecule has 0 amide bonds. The van der Waals surface area contributed by atoms with E-state index >= 15 is 0 Å². The summed E-state index contributed by atoms with van der Waals surface area (Å²) in [5.41, 5.74) is 8.63. The minimum absolute atomic E-state index is 0.0916. The van der Waals surface area contributed by atoms with E-state index in [0.717, 1.165) is 17.1 Å². The van der Waals surface area contributed by atoms with Crippen LogP contribution in [-0.2, 0) is 0 Å². The number of nitrogens with zero attached hydrogens (tertiary/aromatic N) is 1. The van der Waals surface area contributed by atoms with Crippen LogP contribution in [0.4, 0.5) is 0 Å². The highest BCUT2D eigenvalue weighted by atomic mass is 14.8. The van der Waals surface area contributed by atoms with Crippen molar-refractivity contribution < 1.29 is 0 Å². The molecule has 0 aliphatic heterocycles. The van der Waals surface area contributed by atoms with Gasteiger partial charge in [0.25, 0.3) is 0 Å². The van der Waals surface area contributed by atoms with E-state index in [1.807, 2.05) is 6.07 Å². The topological polar surface area (TPSA) is 38.9 Å². The number of pyridine rings is 1. The zero-order valence-corrected chi connectivity index (χ0v) is 12.3. The van der Waals surface area contributed by atoms with Crippen molar-refractivity contribution in [1.82, 2.24) is 4.98 Å². The Morgan fingerprint density at radius 2 is 2.05 bits per heavy atom. The van der Waals surface area contributed by atoms with Crippen molar-refractivity contribution in [3.8, 4) is 0 Å². The second kappa shape index (κ2) is 5.92. The third-order valence-electron chi connectivity index (χ3n) is 4.87. The van der Waals surface area contributed by atoms with Gasteiger partial charge in [-0.3, -0.25) is 4.98 Å². The largest absolute Gasteiger partial charge is 0.322 e. The van der Waals surface area contributed by atoms with Crippen molar-refractivity contribution in [1.29, 1.82) is 0 Å². The fraction of sp³-hybridized carbons (Fsp3) is 0.500. The molecule has 0 saturated heterocycles. The molecule has 0 bridgehead atoms. The molecule has 1 aromatic carbocycles. The van der Waals surface area contributed by atoms with E-state index in [1.165, 1.54) is 37.5 Å². The fourth-order valence-electron chi connectivity index (χ4n) is 3.54. The fourth-order valence-corrected chi connectivity index (χ4v) is 3.54. The number of hydrogen-bond donors (Lipinski definition) is 1. The molecule has 1 aliphatic rings. The Morgan fingerprint density at radius 3 is 2.90 bits per heavy atom. The molecule has 0 spiro atoms. The Morgan fingerprint density at radius 1 is 1.20 bits per heavy atom. The minimum Gasteiger partial charge on any atom is -0.322 e. The number of rotatable bonds is 3. The summed E-state index contributed by atoms with van der Waals surface area (Å²) < 4.78 is 0. The quantitative estimate of drug-likeness (QED) is 0.893. The normalized spacial score (nSPS) is 24.7. The molecular formula is C18H24N2. The van der Waals surface area contributed by atoms with Crippen LogP contribution in [0.25, 0.3) is 10.9 Å². The summed E-state index contributed by atoms with van der Waals surface area (Å²) in [6, 6.07) is 12.6. The van der Waals surface area contributed by atoms with Gasteiger partial charge in [-0.25, -0.2) is 0 Å². The highest BCUT2D eigenvalue weighted by Crippen LogP contribution is 2.37. The van der Waals surface area contributed by atoms with Crippen molar-refractivity contribution in [2.75, 3.05) is 0 Å². The molecule has 1 aromatic heterocycles. The molecule has 2 heteroatoms. The first kappa shape index (κ1) is 13.6. The third-order valence-corrected chi connectivity index (χ3v) is 4.87. The molecule has 1 heterocycles. The third kappa shape index (κ3) is 2.71. The van der Waals surface area contributed by atoms with Crippen LogP contribution >= 0.6 is 0 Å². The molecule has 3 rings (SSSR count). The van der Waals surface area contributed by atoms with Crippen LogP contribution in [0.3, 0.4) is 0 Å². The van der Waals surface area contributed by atoms with Gasteiger partial charge in [0.1, 0.15) is 0 Å². The van der Waals surface area contributed by atoms with Gasteiger partial charge in [0, 0.05) is 11.4 Å². The minimum atomic E-state index is 0.0916. The van der Waals surface area contributed by atoms with Crippen LogP contribution in [0.5, 0.6) is 0 Å². The smallest absolute Gasteiger partial charge is 0.0706 e. The van der Waals surface area contributed by atoms with Gasteiger partial charge in [-0.1, -0.05) is 50.5 Å². The van der Waals surface area contributed by atoms with Gasteiger partial charge in [0.15, 0.2) is 0 Å². The predicted octanol–water partition coefficient (Wildman–Crippen LogP) is 4.45. The second-order valence-corrected chi connectivity index (χ2v) is 6.16. The van der Waals surface area contributed by atoms with Gasteiger partial charge in [-0.15, -0.1) is 0 Å². The summed E-state index contributed by atoms with van der Waals surface area (Å²) in [6.07, 6.45) is 6.52. The Balaban J connectivity index is 1.82. The van der Waals surface area contributed by atoms with Gasteiger partial charge in [0.2, 0.25) is 0 Å². The molecule has 1 saturated carbocycles. The summed E-state index contributed by atoms with van der Waals surface area (Å²) in [5, 5.41) is 1.19. The summed E-state index contributed by atoms with van der Waals surface area (Å²) in [6.45, 7) is 2.30. The van der Waals surface area contributed by atoms with Crippen molar-refractivity contribution in [2.24, 2.45) is 17.6 Å². The molecule has 1 fully saturated rings. The number of aromatic nitrogens is 1. The van der Waals surface area contributed by atoms with Crippen LogP contribution in [0.2, 0.25) is 0 Å². The molecule has 2 nitrogen and oxygen atoms in total. The lowest BCUT2D eigenvalue weighted by Crippen LogP contribution is -2.27. The first-order chi connectivity index (χ1) is 9.78. The van der Waals surface area contributed by atoms with Crippen LogP contribution in [0.1, 0.15) is 50.8 Å². The number of nitrogens with two attached hydrogens (primary N) is 1. The van der Waals surface area contributed by atoms with Crippen molar-refractivity contribution >= 4 is 10.9 Å². The predicted molar refractivity (Wildman–Crippen MR) is 84.4 cm³/mol. The number of hydrogen-bond acceptors (Lipinski definition) is 2. The van der Waals surface area contributed by atoms with Crippen molar-refractivity contribution in [3.63, 3.8) is 0 Å². The van der Waals surface area contributed by atoms with E-state index in [4.69, 9.17) is 10.7 Å². The molecule has 2 N–H and O–H groups in total. The Hall–Kier alpha value is -1.41. The standard InChI is InChI=1S/C18H24N2/c1-2-13-6-5-8-15(12-13)18(19)17-11-10-14-7-3-4-9-16(14)20-17/h3-4,7,9-11,13,15,18H,2,5-6,8,12,19H2,1H3. The highest BCUT2D eigenvalue weighted by molar-refractivity contribution is 5.78. The number of benzene rings is 1. The van der Waals surface area contributed by atoms with E-state index < -0.39 is 0 Å². The summed E-state index contributed by atoms with van der Waals surface area (Å²) in [5.74, 6) is 1.46. The van der Waals surface area contributed by atoms with Crippen LogP contribution < -0.4 is 5.73 Å². The Bertz CT molecular complexity index is 578. The lowest BCUT2D eigenvalue weighted by atomic mass is 9.76. The van der Waals surface area contributed by atoms with Crippen LogP contribution in [0, 0.1) is 11.8 Å². The van der Waals surface area contributed by atoms with Crippen LogP contribution in [0.15, 0.2) is 36.4 Å². The van der Waals surface area contributed by atoms with Gasteiger partial charge in [-0.2, -0.15) is 0 Å². The van der Waals surface area contributed by atoms with E-state index in [1.54, 1.807) is 0 Å². The summed E-state index contributed by atoms with van der Waals surface area (Å²) in [7, 11) is 0. The van der Waals surface area contributed by atoms with E-state index in [0.29, 0.717) is 5.92 Å². The van der Waals surface area contributed by atoms with E-state index in [9.17, 15) is 0 Å². The lowest BCUT2D eigenvalue weighted by Gasteiger charge is -2.32. The first-order valence-electron chi connectivity index (χ1n) is 7.89. The highest BCUT2D eigenvalue weighted by Gasteiger charge is 2.27. The van der Waals surface area contributed by atoms with E-state index in [-0.39, 0.29) is 6.04 Å². The zero-order chi connectivity index (χ0) is 13.9. The number of fused-ring (bicyclic) bond motifs is 1. The Kier molecular flexibility index (Phi) is 4.02. The summed E-state index contributed by atoms with van der Waals surface area (Å²) >= 11 is 0. The van der Waals surface area contributed by atoms with Crippen molar-refractivity contribution in [3.05, 3.63) is 42.1 Å². The second-order valence-electron chi connectivity index (χ2n) is 6.16. The molecule has 3 atom stereocenters. The van der Waals surface area contributed by atoms with E-state index in [2.05, 4.69) is 37.3 Å². The molecule has 106 valence electrons. The molecular weight excluding hydrogens is 244 g/mol. The molecule has 1 aliphatic carbocycles. The van der Waals surface area contributed by atoms with Gasteiger partial charge in [0.05, 0.1) is 11.2 Å². The maximum Gasteiger partial charge on any atom is 0.0706 e. The maximum atomic E-state index is 6.52. The van der Waals surface area contributed by atoms with Crippen LogP contribution in [-0.4, -0.2) is 4.98 Å². The van der Waals surface area contributed by atoms with Gasteiger partial charge >= 0.3 is 0 Å². The molecule has 3 unspecified atom stereocenters. The lowest BCUT2D eigenvalue weighted by molar-refractivity contribution is 0.228. The molecule has 0 radical (unpaired) electrons. The average Bonchev–Trinajstić information content (AvgIpc) is 2.53. The monoisotopic (exact) mass is 268 g/mol. The SMILES string of the molecule is CCC1CCCC(C(N)c2ccc3ccccc3n2)C1. The number of para-hydroxylation sites is 1. The average molecular weight is 268 g/mol. The van der Waals surface area contributed by atoms with Gasteiger partial charge < -0.3 is 5.73 Å². The first-order valence-corrected chi connectivity index (χ1v) is 7.89. The van der Waals surface area contributed by atoms with Crippen molar-refractivity contribution in [2.45, 2.75) is 45.1 Å². The zero-order valence-electron chi connectivity index (χ0n) is 12.3. The molecule has 2 aromatic rings. The molecule has 20 heavy (non-hydrogen) atoms. The maximum absolute atomic E-state index is 6.52. The van der Waals surface area contributed by atoms with Gasteiger partial charge in [-0.05, 0) is 36.8 Å². The Labute approximate surface area is 121 Å².